The Bertz CT molecular complexity index is 519. The van der Waals surface area contributed by atoms with Crippen LogP contribution in [-0.2, 0) is 0 Å². The summed E-state index contributed by atoms with van der Waals surface area (Å²) in [7, 11) is 0. The van der Waals surface area contributed by atoms with Gasteiger partial charge in [0.2, 0.25) is 0 Å². The lowest BCUT2D eigenvalue weighted by atomic mass is 9.78. The first-order valence-corrected chi connectivity index (χ1v) is 8.10. The average molecular weight is 285 g/mol. The van der Waals surface area contributed by atoms with Crippen molar-refractivity contribution in [1.82, 2.24) is 0 Å². The first-order valence-electron chi connectivity index (χ1n) is 8.10. The fraction of sp³-hybridized carbons (Fsp3) is 0.526. The second-order valence-corrected chi connectivity index (χ2v) is 6.03. The van der Waals surface area contributed by atoms with Crippen LogP contribution in [0.1, 0.15) is 68.9 Å². The third-order valence-electron chi connectivity index (χ3n) is 4.49. The van der Waals surface area contributed by atoms with Crippen LogP contribution in [0.25, 0.3) is 0 Å². The number of unbranched alkanes of at least 4 members (excludes halogenated alkanes) is 2. The third-order valence-corrected chi connectivity index (χ3v) is 4.49. The van der Waals surface area contributed by atoms with Gasteiger partial charge in [-0.2, -0.15) is 5.26 Å². The number of hydrogen-bond donors (Lipinski definition) is 0. The highest BCUT2D eigenvalue weighted by atomic mass is 19.1. The molecule has 1 aromatic rings. The van der Waals surface area contributed by atoms with Crippen molar-refractivity contribution in [2.75, 3.05) is 0 Å². The van der Waals surface area contributed by atoms with Gasteiger partial charge in [-0.15, -0.1) is 0 Å². The molecule has 0 N–H and O–H groups in total. The molecule has 0 aromatic heterocycles. The van der Waals surface area contributed by atoms with Crippen molar-refractivity contribution in [3.8, 4) is 6.07 Å². The van der Waals surface area contributed by atoms with Crippen molar-refractivity contribution in [3.63, 3.8) is 0 Å². The molecule has 1 nitrogen and oxygen atoms in total. The maximum atomic E-state index is 13.7. The molecule has 1 saturated carbocycles. The smallest absolute Gasteiger partial charge is 0.141 e. The highest BCUT2D eigenvalue weighted by molar-refractivity contribution is 5.35. The van der Waals surface area contributed by atoms with Crippen molar-refractivity contribution < 1.29 is 4.39 Å². The number of rotatable bonds is 5. The van der Waals surface area contributed by atoms with Crippen LogP contribution in [0.2, 0.25) is 0 Å². The highest BCUT2D eigenvalue weighted by Gasteiger charge is 2.21. The minimum atomic E-state index is -0.378. The molecule has 21 heavy (non-hydrogen) atoms. The molecule has 0 saturated heterocycles. The van der Waals surface area contributed by atoms with Gasteiger partial charge >= 0.3 is 0 Å². The molecule has 1 aliphatic carbocycles. The van der Waals surface area contributed by atoms with Crippen molar-refractivity contribution >= 4 is 0 Å². The summed E-state index contributed by atoms with van der Waals surface area (Å²) in [6.07, 6.45) is 13.0. The molecular weight excluding hydrogens is 261 g/mol. The molecule has 0 bridgehead atoms. The fourth-order valence-electron chi connectivity index (χ4n) is 3.13. The van der Waals surface area contributed by atoms with Gasteiger partial charge in [-0.1, -0.05) is 38.0 Å². The Morgan fingerprint density at radius 1 is 1.29 bits per heavy atom. The minimum absolute atomic E-state index is 0.145. The van der Waals surface area contributed by atoms with Gasteiger partial charge in [0, 0.05) is 0 Å². The Morgan fingerprint density at radius 3 is 2.67 bits per heavy atom. The Balaban J connectivity index is 1.88. The molecule has 1 aliphatic rings. The van der Waals surface area contributed by atoms with E-state index in [0.29, 0.717) is 11.8 Å². The van der Waals surface area contributed by atoms with Crippen LogP contribution in [0.5, 0.6) is 0 Å². The van der Waals surface area contributed by atoms with Crippen LogP contribution in [-0.4, -0.2) is 0 Å². The summed E-state index contributed by atoms with van der Waals surface area (Å²) in [6.45, 7) is 2.22. The van der Waals surface area contributed by atoms with Gasteiger partial charge in [0.1, 0.15) is 11.9 Å². The van der Waals surface area contributed by atoms with Gasteiger partial charge in [-0.25, -0.2) is 4.39 Å². The van der Waals surface area contributed by atoms with Crippen molar-refractivity contribution in [2.45, 2.75) is 57.8 Å². The predicted molar refractivity (Wildman–Crippen MR) is 84.5 cm³/mol. The maximum absolute atomic E-state index is 13.7. The van der Waals surface area contributed by atoms with Crippen LogP contribution < -0.4 is 0 Å². The molecule has 0 aliphatic heterocycles. The summed E-state index contributed by atoms with van der Waals surface area (Å²) in [4.78, 5) is 0. The lowest BCUT2D eigenvalue weighted by Crippen LogP contribution is -2.12. The van der Waals surface area contributed by atoms with Gasteiger partial charge in [-0.05, 0) is 61.6 Å². The zero-order valence-corrected chi connectivity index (χ0v) is 12.8. The van der Waals surface area contributed by atoms with E-state index in [2.05, 4.69) is 19.1 Å². The number of nitrogens with zero attached hydrogens (tertiary/aromatic N) is 1. The van der Waals surface area contributed by atoms with E-state index in [1.807, 2.05) is 12.1 Å². The first-order chi connectivity index (χ1) is 10.2. The molecule has 0 spiro atoms. The summed E-state index contributed by atoms with van der Waals surface area (Å²) >= 11 is 0. The van der Waals surface area contributed by atoms with Crippen LogP contribution in [0.15, 0.2) is 30.4 Å². The first kappa shape index (κ1) is 15.8. The molecule has 0 atom stereocenters. The van der Waals surface area contributed by atoms with Crippen molar-refractivity contribution in [2.24, 2.45) is 5.92 Å². The van der Waals surface area contributed by atoms with Crippen LogP contribution in [0, 0.1) is 23.1 Å². The van der Waals surface area contributed by atoms with E-state index in [0.717, 1.165) is 18.4 Å². The van der Waals surface area contributed by atoms with E-state index >= 15 is 0 Å². The Kier molecular flexibility index (Phi) is 5.99. The van der Waals surface area contributed by atoms with E-state index in [1.54, 1.807) is 12.1 Å². The minimum Gasteiger partial charge on any atom is -0.206 e. The monoisotopic (exact) mass is 285 g/mol. The zero-order valence-electron chi connectivity index (χ0n) is 12.8. The third kappa shape index (κ3) is 4.43. The molecule has 1 fully saturated rings. The van der Waals surface area contributed by atoms with Crippen molar-refractivity contribution in [3.05, 3.63) is 47.3 Å². The van der Waals surface area contributed by atoms with Gasteiger partial charge in [-0.3, -0.25) is 0 Å². The molecule has 2 heteroatoms. The normalized spacial score (nSPS) is 22.3. The van der Waals surface area contributed by atoms with Crippen molar-refractivity contribution in [1.29, 1.82) is 5.26 Å². The summed E-state index contributed by atoms with van der Waals surface area (Å²) < 4.78 is 13.7. The second-order valence-electron chi connectivity index (χ2n) is 6.03. The Morgan fingerprint density at radius 2 is 2.05 bits per heavy atom. The Hall–Kier alpha value is -1.62. The topological polar surface area (TPSA) is 23.8 Å². The predicted octanol–water partition coefficient (Wildman–Crippen LogP) is 5.72. The number of benzene rings is 1. The summed E-state index contributed by atoms with van der Waals surface area (Å²) in [5, 5.41) is 8.78. The van der Waals surface area contributed by atoms with E-state index < -0.39 is 0 Å². The maximum Gasteiger partial charge on any atom is 0.141 e. The molecule has 2 rings (SSSR count). The lowest BCUT2D eigenvalue weighted by Gasteiger charge is -2.27. The standard InChI is InChI=1S/C19H24FN/c1-2-3-4-5-6-15-7-9-16(10-8-15)17-11-12-18(14-21)19(20)13-17/h5-6,11-13,15-16H,2-4,7-10H2,1H3/t15-,16-. The summed E-state index contributed by atoms with van der Waals surface area (Å²) in [6, 6.07) is 6.97. The second kappa shape index (κ2) is 7.98. The lowest BCUT2D eigenvalue weighted by molar-refractivity contribution is 0.374. The van der Waals surface area contributed by atoms with Crippen LogP contribution in [0.4, 0.5) is 4.39 Å². The van der Waals surface area contributed by atoms with E-state index in [4.69, 9.17) is 5.26 Å². The molecule has 0 amide bonds. The molecule has 1 aromatic carbocycles. The quantitative estimate of drug-likeness (QED) is 0.501. The zero-order chi connectivity index (χ0) is 15.1. The van der Waals surface area contributed by atoms with Gasteiger partial charge < -0.3 is 0 Å². The van der Waals surface area contributed by atoms with E-state index in [-0.39, 0.29) is 11.4 Å². The molecule has 0 heterocycles. The fourth-order valence-corrected chi connectivity index (χ4v) is 3.13. The van der Waals surface area contributed by atoms with Crippen LogP contribution >= 0.6 is 0 Å². The van der Waals surface area contributed by atoms with E-state index in [9.17, 15) is 4.39 Å². The molecule has 112 valence electrons. The van der Waals surface area contributed by atoms with Gasteiger partial charge in [0.05, 0.1) is 5.56 Å². The number of halogens is 1. The van der Waals surface area contributed by atoms with Gasteiger partial charge in [0.15, 0.2) is 0 Å². The molecule has 0 unspecified atom stereocenters. The largest absolute Gasteiger partial charge is 0.206 e. The Labute approximate surface area is 127 Å². The van der Waals surface area contributed by atoms with Gasteiger partial charge in [0.25, 0.3) is 0 Å². The number of hydrogen-bond acceptors (Lipinski definition) is 1. The number of nitriles is 1. The molecule has 0 radical (unpaired) electrons. The van der Waals surface area contributed by atoms with E-state index in [1.165, 1.54) is 32.1 Å². The highest BCUT2D eigenvalue weighted by Crippen LogP contribution is 2.36. The van der Waals surface area contributed by atoms with Crippen LogP contribution in [0.3, 0.4) is 0 Å². The SMILES string of the molecule is CCCCC=C[C@H]1CC[C@H](c2ccc(C#N)c(F)c2)CC1. The summed E-state index contributed by atoms with van der Waals surface area (Å²) in [5.74, 6) is 0.769. The number of allylic oxidation sites excluding steroid dienone is 2. The molecular formula is C19H24FN. The summed E-state index contributed by atoms with van der Waals surface area (Å²) in [5.41, 5.74) is 1.20. The average Bonchev–Trinajstić information content (AvgIpc) is 2.52.